The summed E-state index contributed by atoms with van der Waals surface area (Å²) in [5, 5.41) is 0. The van der Waals surface area contributed by atoms with Gasteiger partial charge in [0.25, 0.3) is 0 Å². The van der Waals surface area contributed by atoms with Crippen molar-refractivity contribution in [3.63, 3.8) is 0 Å². The van der Waals surface area contributed by atoms with Crippen molar-refractivity contribution in [2.45, 2.75) is 25.9 Å². The van der Waals surface area contributed by atoms with Crippen LogP contribution in [0.5, 0.6) is 5.75 Å². The predicted octanol–water partition coefficient (Wildman–Crippen LogP) is 4.86. The molecule has 2 nitrogen and oxygen atoms in total. The average molecular weight is 331 g/mol. The Kier molecular flexibility index (Phi) is 5.86. The Hall–Kier alpha value is -2.58. The molecule has 1 atom stereocenters. The molecule has 0 saturated heterocycles. The van der Waals surface area contributed by atoms with Crippen molar-refractivity contribution in [1.82, 2.24) is 0 Å². The van der Waals surface area contributed by atoms with Crippen LogP contribution in [0.15, 0.2) is 78.9 Å². The molecule has 0 aromatic heterocycles. The Balaban J connectivity index is 1.64. The molecule has 2 N–H and O–H groups in total. The lowest BCUT2D eigenvalue weighted by Crippen LogP contribution is -2.15. The highest BCUT2D eigenvalue weighted by molar-refractivity contribution is 5.33. The highest BCUT2D eigenvalue weighted by Gasteiger charge is 2.12. The van der Waals surface area contributed by atoms with E-state index in [1.807, 2.05) is 30.3 Å². The van der Waals surface area contributed by atoms with Gasteiger partial charge in [-0.05, 0) is 54.3 Å². The Bertz CT molecular complexity index is 781. The van der Waals surface area contributed by atoms with Crippen LogP contribution in [0.4, 0.5) is 0 Å². The molecule has 0 fully saturated rings. The third-order valence-electron chi connectivity index (χ3n) is 4.61. The van der Waals surface area contributed by atoms with Gasteiger partial charge in [0.05, 0.1) is 0 Å². The minimum Gasteiger partial charge on any atom is -0.489 e. The lowest BCUT2D eigenvalue weighted by molar-refractivity contribution is 0.306. The first-order valence-corrected chi connectivity index (χ1v) is 8.77. The van der Waals surface area contributed by atoms with Gasteiger partial charge < -0.3 is 10.5 Å². The molecule has 1 unspecified atom stereocenters. The lowest BCUT2D eigenvalue weighted by atomic mass is 9.90. The molecule has 0 saturated carbocycles. The Labute approximate surface area is 150 Å². The third kappa shape index (κ3) is 4.71. The number of benzene rings is 3. The number of rotatable bonds is 7. The highest BCUT2D eigenvalue weighted by atomic mass is 16.5. The smallest absolute Gasteiger partial charge is 0.119 e. The van der Waals surface area contributed by atoms with E-state index in [2.05, 4.69) is 55.5 Å². The summed E-state index contributed by atoms with van der Waals surface area (Å²) in [7, 11) is 0. The van der Waals surface area contributed by atoms with Gasteiger partial charge in [-0.25, -0.2) is 0 Å². The van der Waals surface area contributed by atoms with Crippen molar-refractivity contribution in [3.05, 3.63) is 101 Å². The SMILES string of the molecule is Cc1ccccc1CC(CN)c1ccc(OCc2ccccc2)cc1. The summed E-state index contributed by atoms with van der Waals surface area (Å²) in [6.45, 7) is 3.38. The Morgan fingerprint density at radius 1 is 0.840 bits per heavy atom. The van der Waals surface area contributed by atoms with Gasteiger partial charge in [-0.3, -0.25) is 0 Å². The van der Waals surface area contributed by atoms with Crippen LogP contribution in [0, 0.1) is 6.92 Å². The van der Waals surface area contributed by atoms with Gasteiger partial charge in [-0.2, -0.15) is 0 Å². The van der Waals surface area contributed by atoms with Crippen LogP contribution in [0.25, 0.3) is 0 Å². The third-order valence-corrected chi connectivity index (χ3v) is 4.61. The second-order valence-electron chi connectivity index (χ2n) is 6.41. The summed E-state index contributed by atoms with van der Waals surface area (Å²) < 4.78 is 5.87. The van der Waals surface area contributed by atoms with Crippen molar-refractivity contribution in [2.24, 2.45) is 5.73 Å². The second kappa shape index (κ2) is 8.50. The molecule has 0 spiro atoms. The maximum Gasteiger partial charge on any atom is 0.119 e. The zero-order valence-electron chi connectivity index (χ0n) is 14.7. The van der Waals surface area contributed by atoms with Crippen molar-refractivity contribution >= 4 is 0 Å². The Morgan fingerprint density at radius 3 is 2.20 bits per heavy atom. The summed E-state index contributed by atoms with van der Waals surface area (Å²) in [6, 6.07) is 27.1. The fourth-order valence-corrected chi connectivity index (χ4v) is 3.02. The van der Waals surface area contributed by atoms with Gasteiger partial charge in [-0.15, -0.1) is 0 Å². The fraction of sp³-hybridized carbons (Fsp3) is 0.217. The minimum absolute atomic E-state index is 0.323. The van der Waals surface area contributed by atoms with E-state index in [1.165, 1.54) is 22.3 Å². The quantitative estimate of drug-likeness (QED) is 0.671. The van der Waals surface area contributed by atoms with E-state index < -0.39 is 0 Å². The molecule has 3 aromatic carbocycles. The molecular weight excluding hydrogens is 306 g/mol. The first-order valence-electron chi connectivity index (χ1n) is 8.77. The molecule has 128 valence electrons. The summed E-state index contributed by atoms with van der Waals surface area (Å²) in [6.07, 6.45) is 0.966. The zero-order chi connectivity index (χ0) is 17.5. The molecule has 0 heterocycles. The van der Waals surface area contributed by atoms with Crippen molar-refractivity contribution in [2.75, 3.05) is 6.54 Å². The molecule has 2 heteroatoms. The summed E-state index contributed by atoms with van der Waals surface area (Å²) in [5.41, 5.74) is 11.2. The first kappa shape index (κ1) is 17.2. The van der Waals surface area contributed by atoms with Crippen LogP contribution >= 0.6 is 0 Å². The fourth-order valence-electron chi connectivity index (χ4n) is 3.02. The summed E-state index contributed by atoms with van der Waals surface area (Å²) in [4.78, 5) is 0. The number of ether oxygens (including phenoxy) is 1. The number of hydrogen-bond donors (Lipinski definition) is 1. The number of hydrogen-bond acceptors (Lipinski definition) is 2. The van der Waals surface area contributed by atoms with Crippen LogP contribution in [-0.4, -0.2) is 6.54 Å². The monoisotopic (exact) mass is 331 g/mol. The normalized spacial score (nSPS) is 11.9. The molecule has 0 amide bonds. The van der Waals surface area contributed by atoms with Crippen LogP contribution < -0.4 is 10.5 Å². The Morgan fingerprint density at radius 2 is 1.52 bits per heavy atom. The van der Waals surface area contributed by atoms with Crippen molar-refractivity contribution < 1.29 is 4.74 Å². The molecule has 0 radical (unpaired) electrons. The van der Waals surface area contributed by atoms with Gasteiger partial charge in [-0.1, -0.05) is 66.7 Å². The minimum atomic E-state index is 0.323. The van der Waals surface area contributed by atoms with E-state index in [9.17, 15) is 0 Å². The zero-order valence-corrected chi connectivity index (χ0v) is 14.7. The molecule has 3 rings (SSSR count). The van der Waals surface area contributed by atoms with Crippen LogP contribution in [-0.2, 0) is 13.0 Å². The molecular formula is C23H25NO. The van der Waals surface area contributed by atoms with E-state index in [4.69, 9.17) is 10.5 Å². The van der Waals surface area contributed by atoms with Crippen LogP contribution in [0.2, 0.25) is 0 Å². The molecule has 0 aliphatic carbocycles. The molecule has 0 aliphatic rings. The van der Waals surface area contributed by atoms with Crippen molar-refractivity contribution in [1.29, 1.82) is 0 Å². The molecule has 3 aromatic rings. The topological polar surface area (TPSA) is 35.2 Å². The van der Waals surface area contributed by atoms with Gasteiger partial charge in [0.1, 0.15) is 12.4 Å². The maximum atomic E-state index is 6.04. The van der Waals surface area contributed by atoms with Gasteiger partial charge in [0.15, 0.2) is 0 Å². The van der Waals surface area contributed by atoms with Gasteiger partial charge >= 0.3 is 0 Å². The summed E-state index contributed by atoms with van der Waals surface area (Å²) in [5.74, 6) is 1.21. The molecule has 0 bridgehead atoms. The second-order valence-corrected chi connectivity index (χ2v) is 6.41. The largest absolute Gasteiger partial charge is 0.489 e. The standard InChI is InChI=1S/C23H25NO/c1-18-7-5-6-10-21(18)15-22(16-24)20-11-13-23(14-12-20)25-17-19-8-3-2-4-9-19/h2-14,22H,15-17,24H2,1H3. The summed E-state index contributed by atoms with van der Waals surface area (Å²) >= 11 is 0. The predicted molar refractivity (Wildman–Crippen MR) is 104 cm³/mol. The number of aryl methyl sites for hydroxylation is 1. The maximum absolute atomic E-state index is 6.04. The number of nitrogens with two attached hydrogens (primary N) is 1. The lowest BCUT2D eigenvalue weighted by Gasteiger charge is -2.17. The van der Waals surface area contributed by atoms with Crippen LogP contribution in [0.3, 0.4) is 0 Å². The molecule has 25 heavy (non-hydrogen) atoms. The highest BCUT2D eigenvalue weighted by Crippen LogP contribution is 2.24. The first-order chi connectivity index (χ1) is 12.3. The van der Waals surface area contributed by atoms with E-state index in [0.29, 0.717) is 19.1 Å². The average Bonchev–Trinajstić information content (AvgIpc) is 2.67. The van der Waals surface area contributed by atoms with E-state index in [0.717, 1.165) is 12.2 Å². The van der Waals surface area contributed by atoms with Crippen LogP contribution in [0.1, 0.15) is 28.2 Å². The van der Waals surface area contributed by atoms with Gasteiger partial charge in [0, 0.05) is 5.92 Å². The van der Waals surface area contributed by atoms with Crippen molar-refractivity contribution in [3.8, 4) is 5.75 Å². The van der Waals surface area contributed by atoms with E-state index in [1.54, 1.807) is 0 Å². The van der Waals surface area contributed by atoms with Gasteiger partial charge in [0.2, 0.25) is 0 Å². The van der Waals surface area contributed by atoms with E-state index in [-0.39, 0.29) is 0 Å². The molecule has 0 aliphatic heterocycles. The van der Waals surface area contributed by atoms with E-state index >= 15 is 0 Å².